The first kappa shape index (κ1) is 13.0. The smallest absolute Gasteiger partial charge is 0.0639 e. The van der Waals surface area contributed by atoms with Crippen LogP contribution in [-0.2, 0) is 6.42 Å². The van der Waals surface area contributed by atoms with Crippen LogP contribution in [0.25, 0.3) is 0 Å². The molecule has 1 aromatic carbocycles. The Balaban J connectivity index is 2.18. The molecule has 0 spiro atoms. The first-order valence-corrected chi connectivity index (χ1v) is 6.04. The number of rotatable bonds is 6. The van der Waals surface area contributed by atoms with Crippen LogP contribution in [0, 0.1) is 6.92 Å². The lowest BCUT2D eigenvalue weighted by Crippen LogP contribution is -1.87. The second-order valence-electron chi connectivity index (χ2n) is 4.44. The normalized spacial score (nSPS) is 11.8. The quantitative estimate of drug-likeness (QED) is 0.571. The average molecular weight is 218 g/mol. The molecule has 0 aliphatic rings. The Hall–Kier alpha value is -1.08. The molecule has 0 radical (unpaired) electrons. The highest BCUT2D eigenvalue weighted by Crippen LogP contribution is 2.09. The second kappa shape index (κ2) is 7.24. The standard InChI is InChI=1S/C15H22O/c1-13-8-10-15(11-9-13)7-5-3-4-6-14(2)12-16/h6,8-11,16H,3-5,7,12H2,1-2H3/b14-6-. The minimum atomic E-state index is 0.192. The van der Waals surface area contributed by atoms with E-state index in [4.69, 9.17) is 5.11 Å². The van der Waals surface area contributed by atoms with Crippen molar-refractivity contribution in [2.24, 2.45) is 0 Å². The minimum Gasteiger partial charge on any atom is -0.392 e. The summed E-state index contributed by atoms with van der Waals surface area (Å²) in [5, 5.41) is 8.83. The molecule has 0 aliphatic carbocycles. The van der Waals surface area contributed by atoms with Crippen LogP contribution in [0.5, 0.6) is 0 Å². The summed E-state index contributed by atoms with van der Waals surface area (Å²) in [7, 11) is 0. The van der Waals surface area contributed by atoms with E-state index >= 15 is 0 Å². The Morgan fingerprint density at radius 2 is 1.88 bits per heavy atom. The van der Waals surface area contributed by atoms with E-state index in [0.29, 0.717) is 0 Å². The van der Waals surface area contributed by atoms with Crippen molar-refractivity contribution >= 4 is 0 Å². The van der Waals surface area contributed by atoms with Gasteiger partial charge in [-0.25, -0.2) is 0 Å². The van der Waals surface area contributed by atoms with Gasteiger partial charge in [-0.05, 0) is 45.1 Å². The van der Waals surface area contributed by atoms with Crippen LogP contribution in [-0.4, -0.2) is 11.7 Å². The Morgan fingerprint density at radius 3 is 2.50 bits per heavy atom. The zero-order chi connectivity index (χ0) is 11.8. The van der Waals surface area contributed by atoms with Crippen molar-refractivity contribution in [2.75, 3.05) is 6.61 Å². The lowest BCUT2D eigenvalue weighted by molar-refractivity contribution is 0.331. The third-order valence-electron chi connectivity index (χ3n) is 2.78. The predicted octanol–water partition coefficient (Wildman–Crippen LogP) is 3.65. The molecular formula is C15H22O. The molecule has 0 aliphatic heterocycles. The zero-order valence-corrected chi connectivity index (χ0v) is 10.4. The topological polar surface area (TPSA) is 20.2 Å². The number of aliphatic hydroxyl groups is 1. The highest BCUT2D eigenvalue weighted by Gasteiger charge is 1.93. The van der Waals surface area contributed by atoms with Crippen molar-refractivity contribution in [3.8, 4) is 0 Å². The van der Waals surface area contributed by atoms with Crippen molar-refractivity contribution in [1.82, 2.24) is 0 Å². The summed E-state index contributed by atoms with van der Waals surface area (Å²) in [6.07, 6.45) is 6.79. The maximum atomic E-state index is 8.83. The molecule has 0 saturated heterocycles. The number of aryl methyl sites for hydroxylation is 2. The lowest BCUT2D eigenvalue weighted by Gasteiger charge is -2.01. The fourth-order valence-electron chi connectivity index (χ4n) is 1.64. The van der Waals surface area contributed by atoms with Gasteiger partial charge in [0.15, 0.2) is 0 Å². The fourth-order valence-corrected chi connectivity index (χ4v) is 1.64. The maximum Gasteiger partial charge on any atom is 0.0639 e. The first-order chi connectivity index (χ1) is 7.72. The van der Waals surface area contributed by atoms with Gasteiger partial charge in [0.25, 0.3) is 0 Å². The van der Waals surface area contributed by atoms with Crippen LogP contribution >= 0.6 is 0 Å². The predicted molar refractivity (Wildman–Crippen MR) is 69.6 cm³/mol. The summed E-state index contributed by atoms with van der Waals surface area (Å²) in [6, 6.07) is 8.77. The molecule has 0 saturated carbocycles. The molecule has 0 unspecified atom stereocenters. The van der Waals surface area contributed by atoms with E-state index in [1.165, 1.54) is 24.0 Å². The summed E-state index contributed by atoms with van der Waals surface area (Å²) in [5.74, 6) is 0. The maximum absolute atomic E-state index is 8.83. The molecule has 1 aromatic rings. The number of hydrogen-bond acceptors (Lipinski definition) is 1. The minimum absolute atomic E-state index is 0.192. The molecule has 0 bridgehead atoms. The summed E-state index contributed by atoms with van der Waals surface area (Å²) >= 11 is 0. The van der Waals surface area contributed by atoms with E-state index < -0.39 is 0 Å². The summed E-state index contributed by atoms with van der Waals surface area (Å²) in [5.41, 5.74) is 3.83. The Bertz CT molecular complexity index is 322. The van der Waals surface area contributed by atoms with E-state index in [0.717, 1.165) is 18.4 Å². The highest BCUT2D eigenvalue weighted by atomic mass is 16.3. The number of hydrogen-bond donors (Lipinski definition) is 1. The van der Waals surface area contributed by atoms with E-state index in [1.54, 1.807) is 0 Å². The van der Waals surface area contributed by atoms with Crippen LogP contribution in [0.3, 0.4) is 0 Å². The molecule has 1 N–H and O–H groups in total. The molecule has 1 nitrogen and oxygen atoms in total. The van der Waals surface area contributed by atoms with Gasteiger partial charge < -0.3 is 5.11 Å². The van der Waals surface area contributed by atoms with Gasteiger partial charge in [-0.2, -0.15) is 0 Å². The number of unbranched alkanes of at least 4 members (excludes halogenated alkanes) is 2. The van der Waals surface area contributed by atoms with Crippen molar-refractivity contribution in [2.45, 2.75) is 39.5 Å². The molecule has 16 heavy (non-hydrogen) atoms. The summed E-state index contributed by atoms with van der Waals surface area (Å²) < 4.78 is 0. The summed E-state index contributed by atoms with van der Waals surface area (Å²) in [6.45, 7) is 4.28. The molecule has 0 aromatic heterocycles. The number of benzene rings is 1. The first-order valence-electron chi connectivity index (χ1n) is 6.04. The molecular weight excluding hydrogens is 196 g/mol. The van der Waals surface area contributed by atoms with Gasteiger partial charge in [-0.15, -0.1) is 0 Å². The van der Waals surface area contributed by atoms with E-state index in [2.05, 4.69) is 37.3 Å². The molecule has 1 heteroatoms. The van der Waals surface area contributed by atoms with Gasteiger partial charge in [-0.1, -0.05) is 41.5 Å². The van der Waals surface area contributed by atoms with Crippen molar-refractivity contribution in [3.05, 3.63) is 47.0 Å². The number of aliphatic hydroxyl groups excluding tert-OH is 1. The second-order valence-corrected chi connectivity index (χ2v) is 4.44. The Morgan fingerprint density at radius 1 is 1.19 bits per heavy atom. The van der Waals surface area contributed by atoms with Crippen LogP contribution in [0.4, 0.5) is 0 Å². The Labute approximate surface area is 98.8 Å². The van der Waals surface area contributed by atoms with Crippen molar-refractivity contribution in [1.29, 1.82) is 0 Å². The molecule has 0 amide bonds. The lowest BCUT2D eigenvalue weighted by atomic mass is 10.1. The average Bonchev–Trinajstić information content (AvgIpc) is 2.31. The molecule has 88 valence electrons. The van der Waals surface area contributed by atoms with Gasteiger partial charge in [0, 0.05) is 0 Å². The largest absolute Gasteiger partial charge is 0.392 e. The highest BCUT2D eigenvalue weighted by molar-refractivity contribution is 5.21. The van der Waals surface area contributed by atoms with Gasteiger partial charge in [-0.3, -0.25) is 0 Å². The van der Waals surface area contributed by atoms with E-state index in [1.807, 2.05) is 6.92 Å². The Kier molecular flexibility index (Phi) is 5.87. The van der Waals surface area contributed by atoms with Crippen LogP contribution in [0.15, 0.2) is 35.9 Å². The van der Waals surface area contributed by atoms with E-state index in [-0.39, 0.29) is 6.61 Å². The summed E-state index contributed by atoms with van der Waals surface area (Å²) in [4.78, 5) is 0. The number of allylic oxidation sites excluding steroid dienone is 1. The van der Waals surface area contributed by atoms with Gasteiger partial charge in [0.2, 0.25) is 0 Å². The molecule has 1 rings (SSSR count). The fraction of sp³-hybridized carbons (Fsp3) is 0.467. The van der Waals surface area contributed by atoms with Crippen LogP contribution in [0.2, 0.25) is 0 Å². The van der Waals surface area contributed by atoms with E-state index in [9.17, 15) is 0 Å². The monoisotopic (exact) mass is 218 g/mol. The molecule has 0 fully saturated rings. The van der Waals surface area contributed by atoms with Gasteiger partial charge >= 0.3 is 0 Å². The van der Waals surface area contributed by atoms with Crippen molar-refractivity contribution in [3.63, 3.8) is 0 Å². The van der Waals surface area contributed by atoms with Gasteiger partial charge in [0.05, 0.1) is 6.61 Å². The van der Waals surface area contributed by atoms with Crippen LogP contribution in [0.1, 0.15) is 37.3 Å². The van der Waals surface area contributed by atoms with Crippen LogP contribution < -0.4 is 0 Å². The SMILES string of the molecule is C/C(=C/CCCCc1ccc(C)cc1)CO. The van der Waals surface area contributed by atoms with Crippen molar-refractivity contribution < 1.29 is 5.11 Å². The zero-order valence-electron chi connectivity index (χ0n) is 10.4. The molecule has 0 atom stereocenters. The van der Waals surface area contributed by atoms with Gasteiger partial charge in [0.1, 0.15) is 0 Å². The third-order valence-corrected chi connectivity index (χ3v) is 2.78. The third kappa shape index (κ3) is 5.13. The molecule has 0 heterocycles.